The average Bonchev–Trinajstić information content (AvgIpc) is 2.65. The quantitative estimate of drug-likeness (QED) is 0.491. The van der Waals surface area contributed by atoms with Gasteiger partial charge in [-0.25, -0.2) is 0 Å². The Hall–Kier alpha value is -0.780. The van der Waals surface area contributed by atoms with Crippen LogP contribution in [0.3, 0.4) is 0 Å². The monoisotopic (exact) mass is 172 g/mol. The second-order valence-electron chi connectivity index (χ2n) is 4.54. The lowest BCUT2D eigenvalue weighted by Gasteiger charge is -2.35. The third-order valence-corrected chi connectivity index (χ3v) is 3.88. The van der Waals surface area contributed by atoms with Crippen LogP contribution in [0.4, 0.5) is 0 Å². The highest BCUT2D eigenvalue weighted by Crippen LogP contribution is 2.46. The van der Waals surface area contributed by atoms with Crippen LogP contribution in [0.25, 0.3) is 0 Å². The number of hydrogen-bond acceptors (Lipinski definition) is 0. The Morgan fingerprint density at radius 2 is 2.08 bits per heavy atom. The summed E-state index contributed by atoms with van der Waals surface area (Å²) in [7, 11) is 0. The largest absolute Gasteiger partial charge is 0.0876 e. The predicted molar refractivity (Wildman–Crippen MR) is 55.3 cm³/mol. The van der Waals surface area contributed by atoms with Crippen LogP contribution in [0.5, 0.6) is 0 Å². The normalized spacial score (nSPS) is 41.2. The maximum Gasteiger partial charge on any atom is -0.00997 e. The minimum atomic E-state index is 0.878. The van der Waals surface area contributed by atoms with Gasteiger partial charge < -0.3 is 0 Å². The standard InChI is InChI=1S/C13H16/c1-2-6-12-10(4-1)8-9-11-5-3-7-13(11)12/h1-3,5-6,10-11,13H,4,7-9H2. The maximum absolute atomic E-state index is 2.44. The highest BCUT2D eigenvalue weighted by atomic mass is 14.4. The summed E-state index contributed by atoms with van der Waals surface area (Å²) in [6.07, 6.45) is 17.3. The molecule has 0 amide bonds. The fourth-order valence-corrected chi connectivity index (χ4v) is 3.19. The molecule has 0 saturated heterocycles. The molecule has 3 unspecified atom stereocenters. The second-order valence-corrected chi connectivity index (χ2v) is 4.54. The van der Waals surface area contributed by atoms with E-state index < -0.39 is 0 Å². The van der Waals surface area contributed by atoms with Crippen molar-refractivity contribution in [2.45, 2.75) is 25.7 Å². The zero-order valence-electron chi connectivity index (χ0n) is 7.95. The van der Waals surface area contributed by atoms with Gasteiger partial charge in [-0.3, -0.25) is 0 Å². The van der Waals surface area contributed by atoms with E-state index in [-0.39, 0.29) is 0 Å². The number of allylic oxidation sites excluding steroid dienone is 6. The Morgan fingerprint density at radius 1 is 1.08 bits per heavy atom. The highest BCUT2D eigenvalue weighted by molar-refractivity contribution is 5.29. The number of hydrogen-bond donors (Lipinski definition) is 0. The van der Waals surface area contributed by atoms with Crippen LogP contribution in [0, 0.1) is 17.8 Å². The van der Waals surface area contributed by atoms with E-state index in [0.29, 0.717) is 0 Å². The molecule has 1 fully saturated rings. The number of fused-ring (bicyclic) bond motifs is 3. The lowest BCUT2D eigenvalue weighted by molar-refractivity contribution is 0.316. The molecule has 13 heavy (non-hydrogen) atoms. The van der Waals surface area contributed by atoms with Crippen LogP contribution >= 0.6 is 0 Å². The molecular formula is C13H16. The lowest BCUT2D eigenvalue weighted by Crippen LogP contribution is -2.24. The summed E-state index contributed by atoms with van der Waals surface area (Å²) in [5.41, 5.74) is 1.75. The highest BCUT2D eigenvalue weighted by Gasteiger charge is 2.34. The summed E-state index contributed by atoms with van der Waals surface area (Å²) < 4.78 is 0. The summed E-state index contributed by atoms with van der Waals surface area (Å²) in [5, 5.41) is 0. The van der Waals surface area contributed by atoms with Crippen LogP contribution in [0.2, 0.25) is 0 Å². The minimum Gasteiger partial charge on any atom is -0.0876 e. The van der Waals surface area contributed by atoms with Crippen molar-refractivity contribution in [1.29, 1.82) is 0 Å². The fourth-order valence-electron chi connectivity index (χ4n) is 3.19. The first-order chi connectivity index (χ1) is 6.45. The molecule has 0 aromatic carbocycles. The molecule has 0 heteroatoms. The van der Waals surface area contributed by atoms with Crippen molar-refractivity contribution < 1.29 is 0 Å². The van der Waals surface area contributed by atoms with Crippen LogP contribution in [0.15, 0.2) is 36.0 Å². The van der Waals surface area contributed by atoms with Gasteiger partial charge in [0.25, 0.3) is 0 Å². The van der Waals surface area contributed by atoms with Gasteiger partial charge in [0, 0.05) is 0 Å². The van der Waals surface area contributed by atoms with Gasteiger partial charge in [-0.1, -0.05) is 36.0 Å². The summed E-state index contributed by atoms with van der Waals surface area (Å²) in [5.74, 6) is 2.66. The van der Waals surface area contributed by atoms with E-state index in [9.17, 15) is 0 Å². The Balaban J connectivity index is 1.93. The molecule has 0 spiro atoms. The fraction of sp³-hybridized carbons (Fsp3) is 0.538. The van der Waals surface area contributed by atoms with E-state index >= 15 is 0 Å². The SMILES string of the molecule is C1=CCC2CCC3C=CCC3C2=C1. The molecule has 0 N–H and O–H groups in total. The van der Waals surface area contributed by atoms with Crippen LogP contribution in [-0.4, -0.2) is 0 Å². The molecule has 0 radical (unpaired) electrons. The molecule has 3 rings (SSSR count). The van der Waals surface area contributed by atoms with Gasteiger partial charge in [0.1, 0.15) is 0 Å². The maximum atomic E-state index is 2.44. The molecule has 0 nitrogen and oxygen atoms in total. The lowest BCUT2D eigenvalue weighted by atomic mass is 9.69. The van der Waals surface area contributed by atoms with Crippen LogP contribution in [-0.2, 0) is 0 Å². The van der Waals surface area contributed by atoms with E-state index in [1.165, 1.54) is 25.7 Å². The smallest absolute Gasteiger partial charge is 0.00997 e. The summed E-state index contributed by atoms with van der Waals surface area (Å²) >= 11 is 0. The summed E-state index contributed by atoms with van der Waals surface area (Å²) in [6.45, 7) is 0. The van der Waals surface area contributed by atoms with Crippen molar-refractivity contribution in [2.75, 3.05) is 0 Å². The molecule has 0 aromatic heterocycles. The Bertz CT molecular complexity index is 293. The van der Waals surface area contributed by atoms with Crippen LogP contribution < -0.4 is 0 Å². The first-order valence-corrected chi connectivity index (χ1v) is 5.48. The molecule has 3 aliphatic carbocycles. The summed E-state index contributed by atoms with van der Waals surface area (Å²) in [4.78, 5) is 0. The Labute approximate surface area is 80.0 Å². The average molecular weight is 172 g/mol. The van der Waals surface area contributed by atoms with E-state index in [1.54, 1.807) is 5.57 Å². The van der Waals surface area contributed by atoms with Gasteiger partial charge in [0.15, 0.2) is 0 Å². The van der Waals surface area contributed by atoms with Crippen molar-refractivity contribution in [2.24, 2.45) is 17.8 Å². The molecule has 3 atom stereocenters. The van der Waals surface area contributed by atoms with Crippen molar-refractivity contribution in [3.63, 3.8) is 0 Å². The summed E-state index contributed by atoms with van der Waals surface area (Å²) in [6, 6.07) is 0. The third kappa shape index (κ3) is 1.12. The zero-order valence-corrected chi connectivity index (χ0v) is 7.95. The van der Waals surface area contributed by atoms with Crippen LogP contribution in [0.1, 0.15) is 25.7 Å². The molecule has 3 aliphatic rings. The zero-order chi connectivity index (χ0) is 8.67. The van der Waals surface area contributed by atoms with Gasteiger partial charge in [0.05, 0.1) is 0 Å². The van der Waals surface area contributed by atoms with Gasteiger partial charge in [0.2, 0.25) is 0 Å². The topological polar surface area (TPSA) is 0 Å². The molecule has 0 aromatic rings. The van der Waals surface area contributed by atoms with E-state index in [0.717, 1.165) is 17.8 Å². The molecule has 0 heterocycles. The van der Waals surface area contributed by atoms with Crippen molar-refractivity contribution >= 4 is 0 Å². The minimum absolute atomic E-state index is 0.878. The molecule has 1 saturated carbocycles. The van der Waals surface area contributed by atoms with Gasteiger partial charge in [-0.05, 0) is 43.4 Å². The molecular weight excluding hydrogens is 156 g/mol. The van der Waals surface area contributed by atoms with Crippen molar-refractivity contribution in [3.05, 3.63) is 36.0 Å². The van der Waals surface area contributed by atoms with E-state index in [1.807, 2.05) is 0 Å². The Morgan fingerprint density at radius 3 is 3.08 bits per heavy atom. The molecule has 0 aliphatic heterocycles. The molecule has 0 bridgehead atoms. The first-order valence-electron chi connectivity index (χ1n) is 5.48. The van der Waals surface area contributed by atoms with E-state index in [2.05, 4.69) is 30.4 Å². The predicted octanol–water partition coefficient (Wildman–Crippen LogP) is 3.48. The third-order valence-electron chi connectivity index (χ3n) is 3.88. The second kappa shape index (κ2) is 2.87. The van der Waals surface area contributed by atoms with Gasteiger partial charge >= 0.3 is 0 Å². The van der Waals surface area contributed by atoms with Crippen molar-refractivity contribution in [1.82, 2.24) is 0 Å². The van der Waals surface area contributed by atoms with Crippen molar-refractivity contribution in [3.8, 4) is 0 Å². The number of rotatable bonds is 0. The molecule has 68 valence electrons. The van der Waals surface area contributed by atoms with E-state index in [4.69, 9.17) is 0 Å². The Kier molecular flexibility index (Phi) is 1.68. The van der Waals surface area contributed by atoms with Gasteiger partial charge in [-0.15, -0.1) is 0 Å². The van der Waals surface area contributed by atoms with Gasteiger partial charge in [-0.2, -0.15) is 0 Å². The first kappa shape index (κ1) is 7.61.